The zero-order valence-electron chi connectivity index (χ0n) is 11.6. The van der Waals surface area contributed by atoms with Crippen molar-refractivity contribution in [3.8, 4) is 0 Å². The molecular weight excluding hydrogens is 194 g/mol. The van der Waals surface area contributed by atoms with E-state index in [-0.39, 0.29) is 0 Å². The van der Waals surface area contributed by atoms with Gasteiger partial charge in [-0.25, -0.2) is 0 Å². The molecule has 96 valence electrons. The topological polar surface area (TPSA) is 21.9 Å². The molecule has 1 heterocycles. The van der Waals surface area contributed by atoms with Crippen LogP contribution in [0, 0.1) is 5.92 Å². The molecule has 1 unspecified atom stereocenters. The van der Waals surface area contributed by atoms with Crippen LogP contribution < -0.4 is 5.32 Å². The van der Waals surface area contributed by atoms with Crippen molar-refractivity contribution in [2.45, 2.75) is 90.6 Å². The summed E-state index contributed by atoms with van der Waals surface area (Å²) in [6.07, 6.45) is 12.9. The van der Waals surface area contributed by atoms with Gasteiger partial charge in [-0.2, -0.15) is 0 Å². The molecule has 0 amide bonds. The van der Waals surface area contributed by atoms with E-state index in [0.29, 0.717) is 0 Å². The van der Waals surface area contributed by atoms with E-state index >= 15 is 0 Å². The van der Waals surface area contributed by atoms with Gasteiger partial charge in [0, 0.05) is 12.1 Å². The van der Waals surface area contributed by atoms with E-state index in [9.17, 15) is 0 Å². The Morgan fingerprint density at radius 1 is 0.875 bits per heavy atom. The Bertz CT molecular complexity index is 165. The Balaban J connectivity index is 1.76. The van der Waals surface area contributed by atoms with Gasteiger partial charge in [-0.05, 0) is 12.3 Å². The first-order valence-electron chi connectivity index (χ1n) is 7.51. The van der Waals surface area contributed by atoms with Gasteiger partial charge in [0.2, 0.25) is 0 Å². The Kier molecular flexibility index (Phi) is 7.11. The second-order valence-corrected chi connectivity index (χ2v) is 5.81. The predicted molar refractivity (Wildman–Crippen MR) is 72.8 cm³/mol. The van der Waals surface area contributed by atoms with Gasteiger partial charge in [-0.1, -0.05) is 72.1 Å². The lowest BCUT2D eigenvalue weighted by Crippen LogP contribution is -2.02. The van der Waals surface area contributed by atoms with Gasteiger partial charge < -0.3 is 5.32 Å². The van der Waals surface area contributed by atoms with Crippen molar-refractivity contribution in [3.63, 3.8) is 0 Å². The van der Waals surface area contributed by atoms with Crippen LogP contribution >= 0.6 is 0 Å². The van der Waals surface area contributed by atoms with E-state index in [0.717, 1.165) is 18.0 Å². The van der Waals surface area contributed by atoms with E-state index in [4.69, 9.17) is 0 Å². The van der Waals surface area contributed by atoms with Crippen LogP contribution in [0.25, 0.3) is 0 Å². The molecule has 1 N–H and O–H groups in total. The van der Waals surface area contributed by atoms with Crippen LogP contribution in [0.4, 0.5) is 0 Å². The van der Waals surface area contributed by atoms with E-state index in [1.165, 1.54) is 57.8 Å². The minimum atomic E-state index is 0.832. The molecule has 0 aromatic carbocycles. The van der Waals surface area contributed by atoms with Crippen LogP contribution in [0.1, 0.15) is 78.6 Å². The fourth-order valence-corrected chi connectivity index (χ4v) is 2.61. The Labute approximate surface area is 102 Å². The average molecular weight is 225 g/mol. The third-order valence-electron chi connectivity index (χ3n) is 3.82. The fraction of sp³-hybridized carbons (Fsp3) is 1.00. The SMILES string of the molecule is CCCCCCCCCC[C@@H]1NC1C(C)C. The summed E-state index contributed by atoms with van der Waals surface area (Å²) in [7, 11) is 0. The van der Waals surface area contributed by atoms with E-state index in [2.05, 4.69) is 26.1 Å². The molecule has 1 saturated heterocycles. The average Bonchev–Trinajstić information content (AvgIpc) is 3.01. The van der Waals surface area contributed by atoms with E-state index < -0.39 is 0 Å². The third-order valence-corrected chi connectivity index (χ3v) is 3.82. The first-order valence-corrected chi connectivity index (χ1v) is 7.51. The summed E-state index contributed by atoms with van der Waals surface area (Å²) in [5.74, 6) is 0.832. The highest BCUT2D eigenvalue weighted by Crippen LogP contribution is 2.24. The van der Waals surface area contributed by atoms with Crippen molar-refractivity contribution >= 4 is 0 Å². The highest BCUT2D eigenvalue weighted by Gasteiger charge is 2.37. The van der Waals surface area contributed by atoms with Crippen LogP contribution in [-0.2, 0) is 0 Å². The highest BCUT2D eigenvalue weighted by atomic mass is 15.1. The van der Waals surface area contributed by atoms with Crippen LogP contribution in [-0.4, -0.2) is 12.1 Å². The number of unbranched alkanes of at least 4 members (excludes halogenated alkanes) is 7. The van der Waals surface area contributed by atoms with Gasteiger partial charge in [-0.3, -0.25) is 0 Å². The lowest BCUT2D eigenvalue weighted by molar-refractivity contribution is 0.550. The van der Waals surface area contributed by atoms with Gasteiger partial charge in [0.05, 0.1) is 0 Å². The molecule has 0 aromatic heterocycles. The van der Waals surface area contributed by atoms with Gasteiger partial charge in [0.25, 0.3) is 0 Å². The molecule has 16 heavy (non-hydrogen) atoms. The van der Waals surface area contributed by atoms with E-state index in [1.54, 1.807) is 0 Å². The van der Waals surface area contributed by atoms with E-state index in [1.807, 2.05) is 0 Å². The maximum atomic E-state index is 3.59. The van der Waals surface area contributed by atoms with Crippen molar-refractivity contribution in [1.29, 1.82) is 0 Å². The fourth-order valence-electron chi connectivity index (χ4n) is 2.61. The third kappa shape index (κ3) is 5.89. The van der Waals surface area contributed by atoms with Gasteiger partial charge in [0.1, 0.15) is 0 Å². The molecule has 0 aliphatic carbocycles. The summed E-state index contributed by atoms with van der Waals surface area (Å²) in [6.45, 7) is 6.94. The minimum absolute atomic E-state index is 0.832. The molecular formula is C15H31N. The smallest absolute Gasteiger partial charge is 0.0247 e. The zero-order chi connectivity index (χ0) is 11.8. The summed E-state index contributed by atoms with van der Waals surface area (Å²) in [6, 6.07) is 1.70. The summed E-state index contributed by atoms with van der Waals surface area (Å²) < 4.78 is 0. The summed E-state index contributed by atoms with van der Waals surface area (Å²) in [5.41, 5.74) is 0. The molecule has 0 saturated carbocycles. The number of nitrogens with one attached hydrogen (secondary N) is 1. The molecule has 2 atom stereocenters. The van der Waals surface area contributed by atoms with Gasteiger partial charge in [-0.15, -0.1) is 0 Å². The molecule has 1 aliphatic heterocycles. The quantitative estimate of drug-likeness (QED) is 0.429. The molecule has 0 bridgehead atoms. The molecule has 1 nitrogen and oxygen atoms in total. The first kappa shape index (κ1) is 14.0. The monoisotopic (exact) mass is 225 g/mol. The second kappa shape index (κ2) is 8.11. The molecule has 1 heteroatoms. The molecule has 1 aliphatic rings. The second-order valence-electron chi connectivity index (χ2n) is 5.81. The minimum Gasteiger partial charge on any atom is -0.308 e. The molecule has 0 spiro atoms. The maximum Gasteiger partial charge on any atom is 0.0247 e. The van der Waals surface area contributed by atoms with Gasteiger partial charge in [0.15, 0.2) is 0 Å². The number of rotatable bonds is 10. The number of hydrogen-bond acceptors (Lipinski definition) is 1. The Hall–Kier alpha value is -0.0400. The Morgan fingerprint density at radius 2 is 1.44 bits per heavy atom. The highest BCUT2D eigenvalue weighted by molar-refractivity contribution is 4.99. The number of hydrogen-bond donors (Lipinski definition) is 1. The summed E-state index contributed by atoms with van der Waals surface area (Å²) in [5, 5.41) is 3.59. The normalized spacial score (nSPS) is 24.0. The lowest BCUT2D eigenvalue weighted by atomic mass is 10.0. The van der Waals surface area contributed by atoms with Crippen LogP contribution in [0.15, 0.2) is 0 Å². The molecule has 1 fully saturated rings. The summed E-state index contributed by atoms with van der Waals surface area (Å²) >= 11 is 0. The molecule has 1 rings (SSSR count). The predicted octanol–water partition coefficient (Wildman–Crippen LogP) is 4.51. The lowest BCUT2D eigenvalue weighted by Gasteiger charge is -2.02. The van der Waals surface area contributed by atoms with Crippen molar-refractivity contribution in [3.05, 3.63) is 0 Å². The summed E-state index contributed by atoms with van der Waals surface area (Å²) in [4.78, 5) is 0. The Morgan fingerprint density at radius 3 is 1.94 bits per heavy atom. The standard InChI is InChI=1S/C15H31N/c1-4-5-6-7-8-9-10-11-12-14-15(16-14)13(2)3/h13-16H,4-12H2,1-3H3/t14-,15?/m0/s1. The van der Waals surface area contributed by atoms with Crippen molar-refractivity contribution in [2.24, 2.45) is 5.92 Å². The van der Waals surface area contributed by atoms with Crippen LogP contribution in [0.2, 0.25) is 0 Å². The van der Waals surface area contributed by atoms with Gasteiger partial charge >= 0.3 is 0 Å². The van der Waals surface area contributed by atoms with Crippen LogP contribution in [0.5, 0.6) is 0 Å². The molecule has 0 radical (unpaired) electrons. The van der Waals surface area contributed by atoms with Crippen LogP contribution in [0.3, 0.4) is 0 Å². The van der Waals surface area contributed by atoms with Crippen molar-refractivity contribution < 1.29 is 0 Å². The zero-order valence-corrected chi connectivity index (χ0v) is 11.6. The van der Waals surface area contributed by atoms with Crippen molar-refractivity contribution in [1.82, 2.24) is 5.32 Å². The maximum absolute atomic E-state index is 3.59. The van der Waals surface area contributed by atoms with Crippen molar-refractivity contribution in [2.75, 3.05) is 0 Å². The largest absolute Gasteiger partial charge is 0.308 e. The first-order chi connectivity index (χ1) is 7.75. The molecule has 0 aromatic rings.